The van der Waals surface area contributed by atoms with Crippen molar-refractivity contribution in [3.63, 3.8) is 0 Å². The first-order chi connectivity index (χ1) is 10.7. The quantitative estimate of drug-likeness (QED) is 0.802. The smallest absolute Gasteiger partial charge is 0.234 e. The van der Waals surface area contributed by atoms with Crippen LogP contribution in [0.3, 0.4) is 0 Å². The first kappa shape index (κ1) is 16.8. The van der Waals surface area contributed by atoms with Crippen molar-refractivity contribution in [1.82, 2.24) is 10.2 Å². The Bertz CT molecular complexity index is 453. The fraction of sp³-hybridized carbons (Fsp3) is 0.588. The minimum atomic E-state index is -0.201. The summed E-state index contributed by atoms with van der Waals surface area (Å²) in [6, 6.07) is 7.82. The molecule has 2 rings (SSSR count). The van der Waals surface area contributed by atoms with Crippen molar-refractivity contribution in [2.45, 2.75) is 38.8 Å². The highest BCUT2D eigenvalue weighted by Crippen LogP contribution is 2.12. The van der Waals surface area contributed by atoms with Gasteiger partial charge in [0.2, 0.25) is 5.91 Å². The van der Waals surface area contributed by atoms with Crippen molar-refractivity contribution in [2.24, 2.45) is 0 Å². The first-order valence-corrected chi connectivity index (χ1v) is 8.06. The molecule has 5 heteroatoms. The van der Waals surface area contributed by atoms with E-state index in [4.69, 9.17) is 4.74 Å². The molecule has 1 saturated heterocycles. The zero-order valence-corrected chi connectivity index (χ0v) is 13.3. The number of carbonyl (C=O) groups is 1. The summed E-state index contributed by atoms with van der Waals surface area (Å²) in [6.07, 6.45) is 2.30. The Morgan fingerprint density at radius 1 is 1.32 bits per heavy atom. The van der Waals surface area contributed by atoms with E-state index in [-0.39, 0.29) is 12.0 Å². The number of aliphatic hydroxyl groups excluding tert-OH is 1. The number of hydrogen-bond donors (Lipinski definition) is 2. The van der Waals surface area contributed by atoms with Gasteiger partial charge in [-0.1, -0.05) is 19.1 Å². The number of amides is 1. The summed E-state index contributed by atoms with van der Waals surface area (Å²) < 4.78 is 5.53. The van der Waals surface area contributed by atoms with E-state index >= 15 is 0 Å². The molecule has 0 aliphatic carbocycles. The molecule has 0 spiro atoms. The molecule has 122 valence electrons. The van der Waals surface area contributed by atoms with Gasteiger partial charge in [-0.15, -0.1) is 0 Å². The van der Waals surface area contributed by atoms with Crippen molar-refractivity contribution < 1.29 is 14.6 Å². The number of benzene rings is 1. The number of piperidine rings is 1. The SMILES string of the molecule is CCCOc1ccc(CNC(=O)CN2CCC(O)CC2)cc1. The van der Waals surface area contributed by atoms with Gasteiger partial charge >= 0.3 is 0 Å². The summed E-state index contributed by atoms with van der Waals surface area (Å²) in [4.78, 5) is 14.0. The Labute approximate surface area is 132 Å². The van der Waals surface area contributed by atoms with Crippen LogP contribution in [0.4, 0.5) is 0 Å². The largest absolute Gasteiger partial charge is 0.494 e. The molecular weight excluding hydrogens is 280 g/mol. The van der Waals surface area contributed by atoms with Crippen LogP contribution in [0.5, 0.6) is 5.75 Å². The maximum atomic E-state index is 11.9. The van der Waals surface area contributed by atoms with E-state index in [1.54, 1.807) is 0 Å². The van der Waals surface area contributed by atoms with Gasteiger partial charge in [0, 0.05) is 19.6 Å². The molecule has 1 aliphatic heterocycles. The molecule has 1 aromatic carbocycles. The summed E-state index contributed by atoms with van der Waals surface area (Å²) in [5, 5.41) is 12.4. The Balaban J connectivity index is 1.69. The standard InChI is InChI=1S/C17H26N2O3/c1-2-11-22-16-5-3-14(4-6-16)12-18-17(21)13-19-9-7-15(20)8-10-19/h3-6,15,20H,2,7-13H2,1H3,(H,18,21). The maximum absolute atomic E-state index is 11.9. The van der Waals surface area contributed by atoms with Crippen LogP contribution in [-0.4, -0.2) is 48.3 Å². The zero-order valence-electron chi connectivity index (χ0n) is 13.3. The van der Waals surface area contributed by atoms with E-state index in [1.165, 1.54) is 0 Å². The van der Waals surface area contributed by atoms with Crippen LogP contribution in [0.15, 0.2) is 24.3 Å². The van der Waals surface area contributed by atoms with Crippen LogP contribution in [0, 0.1) is 0 Å². The molecule has 5 nitrogen and oxygen atoms in total. The van der Waals surface area contributed by atoms with Crippen LogP contribution in [0.25, 0.3) is 0 Å². The second-order valence-corrected chi connectivity index (χ2v) is 5.78. The molecule has 1 aliphatic rings. The van der Waals surface area contributed by atoms with E-state index < -0.39 is 0 Å². The third-order valence-corrected chi connectivity index (χ3v) is 3.81. The van der Waals surface area contributed by atoms with Gasteiger partial charge in [-0.05, 0) is 37.0 Å². The van der Waals surface area contributed by atoms with Gasteiger partial charge in [0.15, 0.2) is 0 Å². The van der Waals surface area contributed by atoms with Crippen molar-refractivity contribution >= 4 is 5.91 Å². The fourth-order valence-corrected chi connectivity index (χ4v) is 2.46. The van der Waals surface area contributed by atoms with Gasteiger partial charge in [0.25, 0.3) is 0 Å². The van der Waals surface area contributed by atoms with Crippen LogP contribution < -0.4 is 10.1 Å². The van der Waals surface area contributed by atoms with E-state index in [0.29, 0.717) is 13.1 Å². The average molecular weight is 306 g/mol. The highest BCUT2D eigenvalue weighted by atomic mass is 16.5. The summed E-state index contributed by atoms with van der Waals surface area (Å²) in [6.45, 7) is 5.32. The summed E-state index contributed by atoms with van der Waals surface area (Å²) in [5.41, 5.74) is 1.06. The van der Waals surface area contributed by atoms with E-state index in [1.807, 2.05) is 24.3 Å². The lowest BCUT2D eigenvalue weighted by molar-refractivity contribution is -0.122. The topological polar surface area (TPSA) is 61.8 Å². The highest BCUT2D eigenvalue weighted by Gasteiger charge is 2.18. The number of carbonyl (C=O) groups excluding carboxylic acids is 1. The van der Waals surface area contributed by atoms with Gasteiger partial charge in [0.05, 0.1) is 19.3 Å². The summed E-state index contributed by atoms with van der Waals surface area (Å²) in [7, 11) is 0. The number of rotatable bonds is 7. The Morgan fingerprint density at radius 2 is 2.00 bits per heavy atom. The molecule has 0 radical (unpaired) electrons. The molecule has 2 N–H and O–H groups in total. The molecule has 1 heterocycles. The zero-order chi connectivity index (χ0) is 15.8. The lowest BCUT2D eigenvalue weighted by Gasteiger charge is -2.28. The summed E-state index contributed by atoms with van der Waals surface area (Å²) in [5.74, 6) is 0.895. The highest BCUT2D eigenvalue weighted by molar-refractivity contribution is 5.78. The molecule has 22 heavy (non-hydrogen) atoms. The molecule has 0 aromatic heterocycles. The van der Waals surface area contributed by atoms with Gasteiger partial charge in [-0.3, -0.25) is 9.69 Å². The van der Waals surface area contributed by atoms with Crippen molar-refractivity contribution in [1.29, 1.82) is 0 Å². The normalized spacial score (nSPS) is 16.5. The summed E-state index contributed by atoms with van der Waals surface area (Å²) >= 11 is 0. The Hall–Kier alpha value is -1.59. The number of ether oxygens (including phenoxy) is 1. The van der Waals surface area contributed by atoms with Gasteiger partial charge < -0.3 is 15.2 Å². The Kier molecular flexibility index (Phi) is 6.68. The first-order valence-electron chi connectivity index (χ1n) is 8.06. The number of nitrogens with one attached hydrogen (secondary N) is 1. The number of nitrogens with zero attached hydrogens (tertiary/aromatic N) is 1. The number of likely N-dealkylation sites (tertiary alicyclic amines) is 1. The van der Waals surface area contributed by atoms with Gasteiger partial charge in [-0.2, -0.15) is 0 Å². The molecule has 1 amide bonds. The number of aliphatic hydroxyl groups is 1. The second-order valence-electron chi connectivity index (χ2n) is 5.78. The van der Waals surface area contributed by atoms with Gasteiger partial charge in [-0.25, -0.2) is 0 Å². The molecule has 0 unspecified atom stereocenters. The molecule has 1 fully saturated rings. The third kappa shape index (κ3) is 5.66. The monoisotopic (exact) mass is 306 g/mol. The maximum Gasteiger partial charge on any atom is 0.234 e. The van der Waals surface area contributed by atoms with E-state index in [2.05, 4.69) is 17.1 Å². The van der Waals surface area contributed by atoms with Crippen LogP contribution in [-0.2, 0) is 11.3 Å². The molecule has 0 saturated carbocycles. The Morgan fingerprint density at radius 3 is 2.64 bits per heavy atom. The molecule has 0 bridgehead atoms. The molecular formula is C17H26N2O3. The van der Waals surface area contributed by atoms with Crippen LogP contribution in [0.2, 0.25) is 0 Å². The second kappa shape index (κ2) is 8.76. The minimum absolute atomic E-state index is 0.0303. The van der Waals surface area contributed by atoms with Crippen molar-refractivity contribution in [3.05, 3.63) is 29.8 Å². The molecule has 0 atom stereocenters. The molecule has 1 aromatic rings. The number of hydrogen-bond acceptors (Lipinski definition) is 4. The average Bonchev–Trinajstić information content (AvgIpc) is 2.54. The lowest BCUT2D eigenvalue weighted by Crippen LogP contribution is -2.42. The van der Waals surface area contributed by atoms with Crippen LogP contribution in [0.1, 0.15) is 31.7 Å². The third-order valence-electron chi connectivity index (χ3n) is 3.81. The van der Waals surface area contributed by atoms with Crippen molar-refractivity contribution in [3.8, 4) is 5.75 Å². The predicted octanol–water partition coefficient (Wildman–Crippen LogP) is 1.55. The van der Waals surface area contributed by atoms with E-state index in [9.17, 15) is 9.90 Å². The van der Waals surface area contributed by atoms with Gasteiger partial charge in [0.1, 0.15) is 5.75 Å². The van der Waals surface area contributed by atoms with E-state index in [0.717, 1.165) is 50.3 Å². The lowest BCUT2D eigenvalue weighted by atomic mass is 10.1. The fourth-order valence-electron chi connectivity index (χ4n) is 2.46. The van der Waals surface area contributed by atoms with Crippen molar-refractivity contribution in [2.75, 3.05) is 26.2 Å². The van der Waals surface area contributed by atoms with Crippen LogP contribution >= 0.6 is 0 Å². The minimum Gasteiger partial charge on any atom is -0.494 e. The predicted molar refractivity (Wildman–Crippen MR) is 85.8 cm³/mol.